The van der Waals surface area contributed by atoms with Gasteiger partial charge in [0.25, 0.3) is 0 Å². The van der Waals surface area contributed by atoms with Crippen LogP contribution in [-0.2, 0) is 13.6 Å². The summed E-state index contributed by atoms with van der Waals surface area (Å²) in [7, 11) is 2.15. The first kappa shape index (κ1) is 18.0. The molecule has 0 unspecified atom stereocenters. The summed E-state index contributed by atoms with van der Waals surface area (Å²) in [6.45, 7) is 5.65. The Morgan fingerprint density at radius 2 is 1.81 bits per heavy atom. The summed E-state index contributed by atoms with van der Waals surface area (Å²) < 4.78 is 2.29. The third kappa shape index (κ3) is 3.66. The summed E-state index contributed by atoms with van der Waals surface area (Å²) in [6.07, 6.45) is 2.49. The number of rotatable bonds is 4. The van der Waals surface area contributed by atoms with Gasteiger partial charge in [0.2, 0.25) is 0 Å². The average molecular weight is 385 g/mol. The fourth-order valence-electron chi connectivity index (χ4n) is 3.85. The Morgan fingerprint density at radius 1 is 1.08 bits per heavy atom. The number of fused-ring (bicyclic) bond motifs is 1. The van der Waals surface area contributed by atoms with Crippen LogP contribution in [-0.4, -0.2) is 27.8 Å². The molecule has 0 bridgehead atoms. The fraction of sp³-hybridized carbons (Fsp3) is 0.364. The molecule has 4 heteroatoms. The van der Waals surface area contributed by atoms with E-state index >= 15 is 0 Å². The van der Waals surface area contributed by atoms with E-state index in [1.165, 1.54) is 53.0 Å². The molecular weight excluding hydrogens is 360 g/mol. The van der Waals surface area contributed by atoms with Crippen molar-refractivity contribution in [2.75, 3.05) is 13.1 Å². The van der Waals surface area contributed by atoms with E-state index in [-0.39, 0.29) is 0 Å². The summed E-state index contributed by atoms with van der Waals surface area (Å²) in [6, 6.07) is 17.0. The molecule has 0 amide bonds. The molecule has 0 saturated carbocycles. The van der Waals surface area contributed by atoms with Gasteiger partial charge in [0.1, 0.15) is 0 Å². The van der Waals surface area contributed by atoms with Crippen LogP contribution in [0.3, 0.4) is 0 Å². The fourth-order valence-corrected chi connectivity index (χ4v) is 5.40. The van der Waals surface area contributed by atoms with Crippen molar-refractivity contribution in [1.29, 1.82) is 0 Å². The molecule has 26 heavy (non-hydrogen) atoms. The van der Waals surface area contributed by atoms with Gasteiger partial charge in [-0.2, -0.15) is 0 Å². The minimum absolute atomic E-state index is 0.685. The molecule has 1 fully saturated rings. The SMILES string of the molecule is Cc1c(SC2CCN(Cc3ccccc3)CC2)c2cc(Cl)ccc2n1C. The van der Waals surface area contributed by atoms with Crippen molar-refractivity contribution >= 4 is 34.3 Å². The molecule has 2 heterocycles. The highest BCUT2D eigenvalue weighted by atomic mass is 35.5. The lowest BCUT2D eigenvalue weighted by atomic mass is 10.1. The van der Waals surface area contributed by atoms with Crippen molar-refractivity contribution in [1.82, 2.24) is 9.47 Å². The number of aryl methyl sites for hydroxylation is 1. The van der Waals surface area contributed by atoms with Gasteiger partial charge in [-0.25, -0.2) is 0 Å². The van der Waals surface area contributed by atoms with Gasteiger partial charge < -0.3 is 4.57 Å². The molecule has 3 aromatic rings. The number of hydrogen-bond donors (Lipinski definition) is 0. The number of thioether (sulfide) groups is 1. The maximum Gasteiger partial charge on any atom is 0.0492 e. The minimum Gasteiger partial charge on any atom is -0.347 e. The molecule has 1 aliphatic rings. The molecule has 1 aromatic heterocycles. The number of piperidine rings is 1. The first-order valence-corrected chi connectivity index (χ1v) is 10.5. The van der Waals surface area contributed by atoms with Crippen molar-refractivity contribution < 1.29 is 0 Å². The zero-order chi connectivity index (χ0) is 18.1. The molecule has 0 aliphatic carbocycles. The Labute approximate surface area is 165 Å². The lowest BCUT2D eigenvalue weighted by Gasteiger charge is -2.31. The van der Waals surface area contributed by atoms with Crippen molar-refractivity contribution in [2.45, 2.75) is 36.5 Å². The highest BCUT2D eigenvalue weighted by Gasteiger charge is 2.23. The normalized spacial score (nSPS) is 16.4. The van der Waals surface area contributed by atoms with Crippen molar-refractivity contribution in [2.24, 2.45) is 7.05 Å². The molecular formula is C22H25ClN2S. The van der Waals surface area contributed by atoms with Gasteiger partial charge in [-0.1, -0.05) is 41.9 Å². The first-order chi connectivity index (χ1) is 12.6. The van der Waals surface area contributed by atoms with E-state index in [1.807, 2.05) is 6.07 Å². The third-order valence-corrected chi connectivity index (χ3v) is 7.26. The van der Waals surface area contributed by atoms with E-state index in [4.69, 9.17) is 11.6 Å². The van der Waals surface area contributed by atoms with Crippen LogP contribution in [0.4, 0.5) is 0 Å². The van der Waals surface area contributed by atoms with Crippen LogP contribution in [0.15, 0.2) is 53.4 Å². The van der Waals surface area contributed by atoms with Gasteiger partial charge in [0.05, 0.1) is 0 Å². The van der Waals surface area contributed by atoms with Crippen LogP contribution in [0.2, 0.25) is 5.02 Å². The van der Waals surface area contributed by atoms with Gasteiger partial charge >= 0.3 is 0 Å². The highest BCUT2D eigenvalue weighted by Crippen LogP contribution is 2.39. The van der Waals surface area contributed by atoms with Crippen LogP contribution in [0.1, 0.15) is 24.1 Å². The van der Waals surface area contributed by atoms with Gasteiger partial charge in [-0.3, -0.25) is 4.90 Å². The number of nitrogens with zero attached hydrogens (tertiary/aromatic N) is 2. The molecule has 1 aliphatic heterocycles. The zero-order valence-electron chi connectivity index (χ0n) is 15.4. The quantitative estimate of drug-likeness (QED) is 0.553. The van der Waals surface area contributed by atoms with Crippen LogP contribution in [0.25, 0.3) is 10.9 Å². The van der Waals surface area contributed by atoms with Crippen LogP contribution in [0.5, 0.6) is 0 Å². The van der Waals surface area contributed by atoms with Gasteiger partial charge in [-0.15, -0.1) is 11.8 Å². The van der Waals surface area contributed by atoms with Crippen LogP contribution < -0.4 is 0 Å². The van der Waals surface area contributed by atoms with Crippen molar-refractivity contribution in [3.63, 3.8) is 0 Å². The monoisotopic (exact) mass is 384 g/mol. The van der Waals surface area contributed by atoms with Gasteiger partial charge in [0, 0.05) is 45.4 Å². The van der Waals surface area contributed by atoms with Crippen LogP contribution in [0, 0.1) is 6.92 Å². The predicted molar refractivity (Wildman–Crippen MR) is 113 cm³/mol. The Kier molecular flexibility index (Phi) is 5.30. The van der Waals surface area contributed by atoms with E-state index in [0.717, 1.165) is 11.6 Å². The average Bonchev–Trinajstić information content (AvgIpc) is 2.88. The summed E-state index contributed by atoms with van der Waals surface area (Å²) in [5.74, 6) is 0. The number of likely N-dealkylation sites (tertiary alicyclic amines) is 1. The number of hydrogen-bond acceptors (Lipinski definition) is 2. The summed E-state index contributed by atoms with van der Waals surface area (Å²) >= 11 is 8.32. The van der Waals surface area contributed by atoms with E-state index in [1.54, 1.807) is 0 Å². The lowest BCUT2D eigenvalue weighted by molar-refractivity contribution is 0.225. The van der Waals surface area contributed by atoms with E-state index in [2.05, 4.69) is 77.7 Å². The molecule has 136 valence electrons. The number of benzene rings is 2. The maximum atomic E-state index is 6.27. The van der Waals surface area contributed by atoms with E-state index in [9.17, 15) is 0 Å². The van der Waals surface area contributed by atoms with E-state index in [0.29, 0.717) is 5.25 Å². The van der Waals surface area contributed by atoms with Crippen LogP contribution >= 0.6 is 23.4 Å². The number of aromatic nitrogens is 1. The second-order valence-corrected chi connectivity index (χ2v) is 8.96. The van der Waals surface area contributed by atoms with E-state index < -0.39 is 0 Å². The summed E-state index contributed by atoms with van der Waals surface area (Å²) in [4.78, 5) is 3.99. The minimum atomic E-state index is 0.685. The standard InChI is InChI=1S/C22H25ClN2S/c1-16-22(20-14-18(23)8-9-21(20)24(16)2)26-19-10-12-25(13-11-19)15-17-6-4-3-5-7-17/h3-9,14,19H,10-13,15H2,1-2H3. The molecule has 0 spiro atoms. The second-order valence-electron chi connectivity index (χ2n) is 7.21. The Hall–Kier alpha value is -1.42. The Bertz CT molecular complexity index is 895. The highest BCUT2D eigenvalue weighted by molar-refractivity contribution is 8.00. The number of halogens is 1. The largest absolute Gasteiger partial charge is 0.347 e. The molecule has 0 atom stereocenters. The Morgan fingerprint density at radius 3 is 2.54 bits per heavy atom. The van der Waals surface area contributed by atoms with Crippen molar-refractivity contribution in [3.05, 3.63) is 64.8 Å². The topological polar surface area (TPSA) is 8.17 Å². The predicted octanol–water partition coefficient (Wildman–Crippen LogP) is 5.90. The summed E-state index contributed by atoms with van der Waals surface area (Å²) in [5.41, 5.74) is 4.04. The Balaban J connectivity index is 1.44. The maximum absolute atomic E-state index is 6.27. The second kappa shape index (κ2) is 7.67. The molecule has 0 N–H and O–H groups in total. The molecule has 4 rings (SSSR count). The van der Waals surface area contributed by atoms with Gasteiger partial charge in [-0.05, 0) is 56.6 Å². The zero-order valence-corrected chi connectivity index (χ0v) is 17.0. The smallest absolute Gasteiger partial charge is 0.0492 e. The lowest BCUT2D eigenvalue weighted by Crippen LogP contribution is -2.34. The van der Waals surface area contributed by atoms with Crippen molar-refractivity contribution in [3.8, 4) is 0 Å². The molecule has 1 saturated heterocycles. The van der Waals surface area contributed by atoms with Gasteiger partial charge in [0.15, 0.2) is 0 Å². The third-order valence-electron chi connectivity index (χ3n) is 5.46. The first-order valence-electron chi connectivity index (χ1n) is 9.29. The molecule has 2 nitrogen and oxygen atoms in total. The summed E-state index contributed by atoms with van der Waals surface area (Å²) in [5, 5.41) is 2.81. The molecule has 2 aromatic carbocycles. The molecule has 0 radical (unpaired) electrons.